The molecule has 2 aromatic rings. The van der Waals surface area contributed by atoms with Crippen LogP contribution in [0, 0.1) is 0 Å². The van der Waals surface area contributed by atoms with Gasteiger partial charge in [-0.3, -0.25) is 9.59 Å². The van der Waals surface area contributed by atoms with Gasteiger partial charge in [-0.1, -0.05) is 58.9 Å². The lowest BCUT2D eigenvalue weighted by Gasteiger charge is -2.31. The second-order valence-corrected chi connectivity index (χ2v) is 13.9. The zero-order valence-corrected chi connectivity index (χ0v) is 29.8. The molecule has 0 heterocycles. The summed E-state index contributed by atoms with van der Waals surface area (Å²) in [5, 5.41) is -0.443. The minimum absolute atomic E-state index is 0.203. The van der Waals surface area contributed by atoms with Crippen LogP contribution in [0.15, 0.2) is 66.5 Å². The van der Waals surface area contributed by atoms with Gasteiger partial charge in [-0.2, -0.15) is 0 Å². The highest BCUT2D eigenvalue weighted by Gasteiger charge is 2.33. The Balaban J connectivity index is 2.30. The van der Waals surface area contributed by atoms with Crippen LogP contribution in [0.3, 0.4) is 0 Å². The summed E-state index contributed by atoms with van der Waals surface area (Å²) in [7, 11) is 0. The van der Waals surface area contributed by atoms with E-state index < -0.39 is 5.41 Å². The summed E-state index contributed by atoms with van der Waals surface area (Å²) in [6.07, 6.45) is 0. The molecule has 0 saturated heterocycles. The van der Waals surface area contributed by atoms with Gasteiger partial charge in [0.05, 0.1) is 46.2 Å². The third-order valence-electron chi connectivity index (χ3n) is 5.16. The Morgan fingerprint density at radius 2 is 1.08 bits per heavy atom. The van der Waals surface area contributed by atoms with Gasteiger partial charge in [-0.15, -0.1) is 0 Å². The number of carbonyl (C=O) groups excluding carboxylic acids is 2. The second kappa shape index (κ2) is 16.1. The zero-order valence-electron chi connectivity index (χ0n) is 21.8. The number of carbonyl (C=O) groups is 2. The maximum atomic E-state index is 11.7. The van der Waals surface area contributed by atoms with Crippen molar-refractivity contribution in [2.24, 2.45) is 0 Å². The molecule has 0 aromatic heterocycles. The summed E-state index contributed by atoms with van der Waals surface area (Å²) < 4.78 is 26.3. The van der Waals surface area contributed by atoms with Crippen molar-refractivity contribution in [3.8, 4) is 11.5 Å². The Labute approximate surface area is 271 Å². The van der Waals surface area contributed by atoms with Gasteiger partial charge in [0.25, 0.3) is 0 Å². The van der Waals surface area contributed by atoms with Crippen molar-refractivity contribution in [3.63, 3.8) is 0 Å². The van der Waals surface area contributed by atoms with E-state index in [-0.39, 0.29) is 36.7 Å². The molecule has 0 amide bonds. The van der Waals surface area contributed by atoms with Crippen LogP contribution in [0.1, 0.15) is 38.8 Å². The highest BCUT2D eigenvalue weighted by Crippen LogP contribution is 2.48. The average molecular weight is 832 g/mol. The molecule has 2 aromatic carbocycles. The number of halogens is 4. The Kier molecular flexibility index (Phi) is 14.3. The van der Waals surface area contributed by atoms with E-state index in [1.165, 1.54) is 0 Å². The zero-order chi connectivity index (χ0) is 29.3. The van der Waals surface area contributed by atoms with Crippen molar-refractivity contribution in [1.82, 2.24) is 0 Å². The number of hydrogen-bond acceptors (Lipinski definition) is 8. The predicted molar refractivity (Wildman–Crippen MR) is 174 cm³/mol. The lowest BCUT2D eigenvalue weighted by molar-refractivity contribution is -0.109. The topological polar surface area (TPSA) is 71.1 Å². The molecule has 0 bridgehead atoms. The normalized spacial score (nSPS) is 11.3. The third kappa shape index (κ3) is 10.3. The van der Waals surface area contributed by atoms with Gasteiger partial charge in [0.2, 0.25) is 10.2 Å². The van der Waals surface area contributed by atoms with E-state index in [9.17, 15) is 9.59 Å². The van der Waals surface area contributed by atoms with Crippen LogP contribution in [0.4, 0.5) is 0 Å². The molecule has 0 fully saturated rings. The molecular weight excluding hydrogens is 804 g/mol. The summed E-state index contributed by atoms with van der Waals surface area (Å²) in [5.41, 5.74) is 2.03. The fraction of sp³-hybridized carbons (Fsp3) is 0.333. The molecule has 0 aliphatic rings. The van der Waals surface area contributed by atoms with E-state index in [1.807, 2.05) is 24.3 Å². The van der Waals surface area contributed by atoms with Gasteiger partial charge in [0.1, 0.15) is 24.7 Å². The molecule has 6 nitrogen and oxygen atoms in total. The lowest BCUT2D eigenvalue weighted by atomic mass is 9.77. The molecule has 0 aliphatic heterocycles. The standard InChI is InChI=1S/C27H28Br4O6S2/c1-15(2)25(32)38-36-9-7-34-23-19(11-17(28)13-21(23)30)27(5,6)20-12-18(29)14-22(31)24(20)35-8-10-37-39-26(33)16(3)4/h11-14H,1,3,7-10H2,2,4-6H3. The van der Waals surface area contributed by atoms with Crippen LogP contribution in [0.2, 0.25) is 0 Å². The minimum Gasteiger partial charge on any atom is -0.490 e. The van der Waals surface area contributed by atoms with Crippen LogP contribution >= 0.6 is 87.8 Å². The van der Waals surface area contributed by atoms with Crippen LogP contribution < -0.4 is 9.47 Å². The molecule has 39 heavy (non-hydrogen) atoms. The Hall–Kier alpha value is -0.600. The minimum atomic E-state index is -0.597. The first-order chi connectivity index (χ1) is 18.2. The van der Waals surface area contributed by atoms with Gasteiger partial charge in [-0.05, 0) is 81.1 Å². The van der Waals surface area contributed by atoms with Gasteiger partial charge in [-0.25, -0.2) is 0 Å². The van der Waals surface area contributed by atoms with Crippen molar-refractivity contribution in [3.05, 3.63) is 77.6 Å². The number of hydrogen-bond donors (Lipinski definition) is 0. The molecule has 0 unspecified atom stereocenters. The van der Waals surface area contributed by atoms with Crippen molar-refractivity contribution in [1.29, 1.82) is 0 Å². The first kappa shape index (κ1) is 34.6. The van der Waals surface area contributed by atoms with Gasteiger partial charge >= 0.3 is 0 Å². The highest BCUT2D eigenvalue weighted by molar-refractivity contribution is 9.11. The van der Waals surface area contributed by atoms with Crippen LogP contribution in [0.25, 0.3) is 0 Å². The maximum Gasteiger partial charge on any atom is 0.241 e. The maximum absolute atomic E-state index is 11.7. The molecule has 0 radical (unpaired) electrons. The fourth-order valence-electron chi connectivity index (χ4n) is 3.18. The molecule has 0 aliphatic carbocycles. The first-order valence-corrected chi connectivity index (χ1v) is 16.1. The molecule has 2 rings (SSSR count). The smallest absolute Gasteiger partial charge is 0.241 e. The summed E-state index contributed by atoms with van der Waals surface area (Å²) in [6.45, 7) is 15.5. The summed E-state index contributed by atoms with van der Waals surface area (Å²) in [5.74, 6) is 1.28. The highest BCUT2D eigenvalue weighted by atomic mass is 79.9. The molecule has 0 spiro atoms. The van der Waals surface area contributed by atoms with Crippen molar-refractivity contribution in [2.45, 2.75) is 33.1 Å². The van der Waals surface area contributed by atoms with Gasteiger partial charge in [0, 0.05) is 25.5 Å². The molecule has 0 atom stereocenters. The van der Waals surface area contributed by atoms with E-state index >= 15 is 0 Å². The Morgan fingerprint density at radius 1 is 0.718 bits per heavy atom. The predicted octanol–water partition coefficient (Wildman–Crippen LogP) is 9.36. The molecular formula is C27H28Br4O6S2. The van der Waals surface area contributed by atoms with E-state index in [1.54, 1.807) is 13.8 Å². The summed E-state index contributed by atoms with van der Waals surface area (Å²) in [4.78, 5) is 23.4. The van der Waals surface area contributed by atoms with Crippen molar-refractivity contribution >= 4 is 98.0 Å². The molecule has 0 N–H and O–H groups in total. The SMILES string of the molecule is C=C(C)C(=O)SOCCOc1c(Br)cc(Br)cc1C(C)(C)c1cc(Br)cc(Br)c1OCCOSC(=O)C(=C)C. The van der Waals surface area contributed by atoms with E-state index in [2.05, 4.69) is 90.7 Å². The third-order valence-corrected chi connectivity index (χ3v) is 8.82. The largest absolute Gasteiger partial charge is 0.490 e. The van der Waals surface area contributed by atoms with Crippen molar-refractivity contribution in [2.75, 3.05) is 26.4 Å². The number of benzene rings is 2. The molecule has 0 saturated carbocycles. The van der Waals surface area contributed by atoms with Gasteiger partial charge < -0.3 is 17.8 Å². The lowest BCUT2D eigenvalue weighted by Crippen LogP contribution is -2.23. The molecule has 12 heteroatoms. The van der Waals surface area contributed by atoms with Crippen LogP contribution in [0.5, 0.6) is 11.5 Å². The monoisotopic (exact) mass is 828 g/mol. The van der Waals surface area contributed by atoms with E-state index in [0.717, 1.165) is 53.1 Å². The van der Waals surface area contributed by atoms with E-state index in [0.29, 0.717) is 22.6 Å². The average Bonchev–Trinajstić information content (AvgIpc) is 2.84. The second-order valence-electron chi connectivity index (χ2n) is 8.80. The first-order valence-electron chi connectivity index (χ1n) is 11.5. The number of rotatable bonds is 14. The Bertz CT molecular complexity index is 1160. The Morgan fingerprint density at radius 3 is 1.41 bits per heavy atom. The van der Waals surface area contributed by atoms with Crippen LogP contribution in [-0.2, 0) is 23.4 Å². The summed E-state index contributed by atoms with van der Waals surface area (Å²) >= 11 is 16.0. The molecule has 212 valence electrons. The summed E-state index contributed by atoms with van der Waals surface area (Å²) in [6, 6.07) is 7.82. The van der Waals surface area contributed by atoms with Gasteiger partial charge in [0.15, 0.2) is 0 Å². The van der Waals surface area contributed by atoms with E-state index in [4.69, 9.17) is 17.8 Å². The van der Waals surface area contributed by atoms with Crippen LogP contribution in [-0.4, -0.2) is 36.7 Å². The fourth-order valence-corrected chi connectivity index (χ4v) is 6.66. The quantitative estimate of drug-likeness (QED) is 0.106. The van der Waals surface area contributed by atoms with Crippen molar-refractivity contribution < 1.29 is 27.4 Å². The number of ether oxygens (including phenoxy) is 2.